The lowest BCUT2D eigenvalue weighted by molar-refractivity contribution is -0.384. The molecule has 0 N–H and O–H groups in total. The van der Waals surface area contributed by atoms with Crippen LogP contribution >= 0.6 is 0 Å². The van der Waals surface area contributed by atoms with E-state index in [1.165, 1.54) is 0 Å². The van der Waals surface area contributed by atoms with Crippen molar-refractivity contribution in [3.63, 3.8) is 0 Å². The van der Waals surface area contributed by atoms with Crippen LogP contribution in [0, 0.1) is 16.0 Å². The molecule has 0 bridgehead atoms. The van der Waals surface area contributed by atoms with Crippen LogP contribution in [-0.4, -0.2) is 67.7 Å². The summed E-state index contributed by atoms with van der Waals surface area (Å²) in [4.78, 5) is 31.1. The van der Waals surface area contributed by atoms with Gasteiger partial charge in [-0.25, -0.2) is 0 Å². The van der Waals surface area contributed by atoms with Crippen molar-refractivity contribution < 1.29 is 14.5 Å². The van der Waals surface area contributed by atoms with Gasteiger partial charge in [-0.3, -0.25) is 14.9 Å². The zero-order valence-corrected chi connectivity index (χ0v) is 17.4. The Kier molecular flexibility index (Phi) is 5.23. The van der Waals surface area contributed by atoms with E-state index >= 15 is 0 Å². The summed E-state index contributed by atoms with van der Waals surface area (Å²) in [5.41, 5.74) is 3.16. The number of carbonyl (C=O) groups is 1. The number of hydrogen-bond acceptors (Lipinski definition) is 6. The molecule has 0 radical (unpaired) electrons. The fraction of sp³-hybridized carbons (Fsp3) is 0.435. The van der Waals surface area contributed by atoms with Gasteiger partial charge in [0.15, 0.2) is 0 Å². The van der Waals surface area contributed by atoms with E-state index in [9.17, 15) is 14.9 Å². The van der Waals surface area contributed by atoms with Gasteiger partial charge in [-0.15, -0.1) is 0 Å². The number of ether oxygens (including phenoxy) is 1. The molecule has 0 aliphatic carbocycles. The lowest BCUT2D eigenvalue weighted by atomic mass is 9.82. The number of para-hydroxylation sites is 1. The van der Waals surface area contributed by atoms with Crippen molar-refractivity contribution in [2.24, 2.45) is 5.92 Å². The van der Waals surface area contributed by atoms with E-state index in [1.54, 1.807) is 12.1 Å². The van der Waals surface area contributed by atoms with Crippen molar-refractivity contribution in [2.75, 3.05) is 55.7 Å². The Morgan fingerprint density at radius 1 is 1.03 bits per heavy atom. The number of fused-ring (bicyclic) bond motifs is 3. The Labute approximate surface area is 181 Å². The molecule has 5 rings (SSSR count). The fourth-order valence-electron chi connectivity index (χ4n) is 5.10. The minimum atomic E-state index is -0.363. The van der Waals surface area contributed by atoms with Crippen LogP contribution in [-0.2, 0) is 16.0 Å². The molecule has 2 saturated heterocycles. The number of nitrogens with zero attached hydrogens (tertiary/aromatic N) is 4. The van der Waals surface area contributed by atoms with Crippen molar-refractivity contribution in [3.05, 3.63) is 64.2 Å². The average molecular weight is 422 g/mol. The molecule has 1 amide bonds. The molecular weight excluding hydrogens is 396 g/mol. The minimum Gasteiger partial charge on any atom is -0.378 e. The molecule has 0 unspecified atom stereocenters. The van der Waals surface area contributed by atoms with E-state index in [-0.39, 0.29) is 28.5 Å². The Balaban J connectivity index is 1.49. The second-order valence-corrected chi connectivity index (χ2v) is 8.36. The lowest BCUT2D eigenvalue weighted by Gasteiger charge is -2.50. The smallest absolute Gasteiger partial charge is 0.269 e. The Morgan fingerprint density at radius 2 is 1.81 bits per heavy atom. The Morgan fingerprint density at radius 3 is 2.55 bits per heavy atom. The standard InChI is InChI=1S/C23H26N4O4/c28-23(24-10-12-31-13-11-24)20-15-17-14-19(27(29)30)6-7-21(17)26-9-8-25(16-22(20)26)18-4-2-1-3-5-18/h1-7,14,20,22H,8-13,15-16H2/t20-,22-/m0/s1. The summed E-state index contributed by atoms with van der Waals surface area (Å²) in [7, 11) is 0. The number of hydrogen-bond donors (Lipinski definition) is 0. The molecule has 3 heterocycles. The van der Waals surface area contributed by atoms with Crippen LogP contribution in [0.5, 0.6) is 0 Å². The third-order valence-electron chi connectivity index (χ3n) is 6.67. The molecule has 3 aliphatic rings. The summed E-state index contributed by atoms with van der Waals surface area (Å²) >= 11 is 0. The molecule has 3 aliphatic heterocycles. The van der Waals surface area contributed by atoms with E-state index in [2.05, 4.69) is 21.9 Å². The highest BCUT2D eigenvalue weighted by Crippen LogP contribution is 2.39. The Hall–Kier alpha value is -3.13. The SMILES string of the molecule is O=C([C@H]1Cc2cc([N+](=O)[O-])ccc2N2CCN(c3ccccc3)C[C@@H]12)N1CCOCC1. The topological polar surface area (TPSA) is 79.2 Å². The molecule has 2 fully saturated rings. The zero-order chi connectivity index (χ0) is 21.4. The van der Waals surface area contributed by atoms with Gasteiger partial charge in [-0.2, -0.15) is 0 Å². The van der Waals surface area contributed by atoms with Crippen LogP contribution in [0.1, 0.15) is 5.56 Å². The molecule has 0 aromatic heterocycles. The van der Waals surface area contributed by atoms with E-state index in [0.717, 1.165) is 36.6 Å². The number of rotatable bonds is 3. The molecule has 162 valence electrons. The summed E-state index contributed by atoms with van der Waals surface area (Å²) in [5, 5.41) is 11.3. The number of anilines is 2. The summed E-state index contributed by atoms with van der Waals surface area (Å²) in [5.74, 6) is -0.107. The second kappa shape index (κ2) is 8.19. The number of piperazine rings is 1. The average Bonchev–Trinajstić information content (AvgIpc) is 2.83. The quantitative estimate of drug-likeness (QED) is 0.558. The van der Waals surface area contributed by atoms with E-state index < -0.39 is 0 Å². The van der Waals surface area contributed by atoms with Gasteiger partial charge in [-0.1, -0.05) is 18.2 Å². The lowest BCUT2D eigenvalue weighted by Crippen LogP contribution is -2.62. The number of nitro groups is 1. The highest BCUT2D eigenvalue weighted by Gasteiger charge is 2.43. The van der Waals surface area contributed by atoms with E-state index in [0.29, 0.717) is 32.7 Å². The van der Waals surface area contributed by atoms with Crippen LogP contribution < -0.4 is 9.80 Å². The number of nitro benzene ring substituents is 1. The zero-order valence-electron chi connectivity index (χ0n) is 17.4. The highest BCUT2D eigenvalue weighted by molar-refractivity contribution is 5.83. The van der Waals surface area contributed by atoms with Crippen molar-refractivity contribution in [2.45, 2.75) is 12.5 Å². The van der Waals surface area contributed by atoms with Gasteiger partial charge in [0.1, 0.15) is 0 Å². The summed E-state index contributed by atoms with van der Waals surface area (Å²) < 4.78 is 5.43. The van der Waals surface area contributed by atoms with Gasteiger partial charge in [-0.05, 0) is 30.2 Å². The number of non-ortho nitro benzene ring substituents is 1. The maximum absolute atomic E-state index is 13.6. The normalized spacial score (nSPS) is 23.2. The predicted octanol–water partition coefficient (Wildman–Crippen LogP) is 2.32. The van der Waals surface area contributed by atoms with Crippen LogP contribution in [0.25, 0.3) is 0 Å². The second-order valence-electron chi connectivity index (χ2n) is 8.36. The van der Waals surface area contributed by atoms with E-state index in [4.69, 9.17) is 4.74 Å². The summed E-state index contributed by atoms with van der Waals surface area (Å²) in [6, 6.07) is 15.4. The fourth-order valence-corrected chi connectivity index (χ4v) is 5.10. The van der Waals surface area contributed by atoms with Gasteiger partial charge in [0.05, 0.1) is 30.1 Å². The molecule has 8 nitrogen and oxygen atoms in total. The molecule has 0 saturated carbocycles. The van der Waals surface area contributed by atoms with Crippen LogP contribution in [0.3, 0.4) is 0 Å². The predicted molar refractivity (Wildman–Crippen MR) is 117 cm³/mol. The third kappa shape index (κ3) is 3.72. The molecular formula is C23H26N4O4. The first-order valence-corrected chi connectivity index (χ1v) is 10.8. The highest BCUT2D eigenvalue weighted by atomic mass is 16.6. The number of benzene rings is 2. The van der Waals surface area contributed by atoms with Gasteiger partial charge < -0.3 is 19.4 Å². The van der Waals surface area contributed by atoms with Crippen molar-refractivity contribution >= 4 is 23.0 Å². The van der Waals surface area contributed by atoms with Crippen LogP contribution in [0.2, 0.25) is 0 Å². The molecule has 2 atom stereocenters. The van der Waals surface area contributed by atoms with Gasteiger partial charge in [0, 0.05) is 56.2 Å². The third-order valence-corrected chi connectivity index (χ3v) is 6.67. The number of carbonyl (C=O) groups excluding carboxylic acids is 1. The first kappa shape index (κ1) is 19.8. The molecule has 31 heavy (non-hydrogen) atoms. The maximum atomic E-state index is 13.6. The Bertz CT molecular complexity index is 977. The summed E-state index contributed by atoms with van der Waals surface area (Å²) in [6.45, 7) is 4.70. The van der Waals surface area contributed by atoms with Crippen molar-refractivity contribution in [1.29, 1.82) is 0 Å². The minimum absolute atomic E-state index is 0.0262. The number of amides is 1. The molecule has 8 heteroatoms. The van der Waals surface area contributed by atoms with Crippen molar-refractivity contribution in [3.8, 4) is 0 Å². The van der Waals surface area contributed by atoms with Crippen molar-refractivity contribution in [1.82, 2.24) is 4.90 Å². The monoisotopic (exact) mass is 422 g/mol. The van der Waals surface area contributed by atoms with Gasteiger partial charge >= 0.3 is 0 Å². The van der Waals surface area contributed by atoms with Gasteiger partial charge in [0.2, 0.25) is 5.91 Å². The molecule has 2 aromatic rings. The molecule has 2 aromatic carbocycles. The maximum Gasteiger partial charge on any atom is 0.269 e. The summed E-state index contributed by atoms with van der Waals surface area (Å²) in [6.07, 6.45) is 0.525. The first-order chi connectivity index (χ1) is 15.1. The van der Waals surface area contributed by atoms with Gasteiger partial charge in [0.25, 0.3) is 5.69 Å². The molecule has 0 spiro atoms. The van der Waals surface area contributed by atoms with Crippen LogP contribution in [0.4, 0.5) is 17.1 Å². The van der Waals surface area contributed by atoms with Crippen LogP contribution in [0.15, 0.2) is 48.5 Å². The largest absolute Gasteiger partial charge is 0.378 e. The first-order valence-electron chi connectivity index (χ1n) is 10.8. The number of morpholine rings is 1. The van der Waals surface area contributed by atoms with E-state index in [1.807, 2.05) is 29.2 Å².